The number of hydrogen-bond acceptors (Lipinski definition) is 4. The Balaban J connectivity index is 2.45. The molecule has 1 fully saturated rings. The number of carbonyl (C=O) groups excluding carboxylic acids is 1. The lowest BCUT2D eigenvalue weighted by molar-refractivity contribution is -0.139. The Hall–Kier alpha value is -0.720. The van der Waals surface area contributed by atoms with Gasteiger partial charge >= 0.3 is 0 Å². The Kier molecular flexibility index (Phi) is 5.70. The van der Waals surface area contributed by atoms with Gasteiger partial charge in [0.1, 0.15) is 6.61 Å². The van der Waals surface area contributed by atoms with E-state index >= 15 is 0 Å². The summed E-state index contributed by atoms with van der Waals surface area (Å²) in [6.45, 7) is 11.0. The first-order valence-electron chi connectivity index (χ1n) is 6.69. The smallest absolute Gasteiger partial charge is 0.248 e. The van der Waals surface area contributed by atoms with Gasteiger partial charge in [0, 0.05) is 26.2 Å². The molecule has 1 aliphatic rings. The number of rotatable bonds is 5. The Morgan fingerprint density at radius 2 is 1.84 bits per heavy atom. The number of nitrogens with zero attached hydrogens (tertiary/aromatic N) is 2. The molecule has 1 saturated heterocycles. The molecule has 0 aromatic heterocycles. The minimum Gasteiger partial charge on any atom is -0.392 e. The van der Waals surface area contributed by atoms with E-state index in [4.69, 9.17) is 22.7 Å². The largest absolute Gasteiger partial charge is 0.392 e. The number of ether oxygens (including phenoxy) is 1. The Labute approximate surface area is 121 Å². The van der Waals surface area contributed by atoms with Crippen LogP contribution in [0, 0.1) is 0 Å². The average molecular weight is 287 g/mol. The van der Waals surface area contributed by atoms with E-state index in [0.717, 1.165) is 13.1 Å². The van der Waals surface area contributed by atoms with Crippen molar-refractivity contribution in [2.45, 2.75) is 39.3 Å². The van der Waals surface area contributed by atoms with Gasteiger partial charge in [0.15, 0.2) is 0 Å². The van der Waals surface area contributed by atoms with E-state index in [-0.39, 0.29) is 24.2 Å². The number of piperazine rings is 1. The molecule has 0 aliphatic carbocycles. The first-order chi connectivity index (χ1) is 8.75. The van der Waals surface area contributed by atoms with Crippen molar-refractivity contribution in [2.24, 2.45) is 5.73 Å². The third-order valence-corrected chi connectivity index (χ3v) is 4.07. The van der Waals surface area contributed by atoms with Gasteiger partial charge in [0.05, 0.1) is 16.6 Å². The lowest BCUT2D eigenvalue weighted by atomic mass is 10.0. The van der Waals surface area contributed by atoms with Crippen molar-refractivity contribution in [2.75, 3.05) is 32.8 Å². The van der Waals surface area contributed by atoms with Crippen molar-refractivity contribution in [3.8, 4) is 0 Å². The fraction of sp³-hybridized carbons (Fsp3) is 0.846. The maximum Gasteiger partial charge on any atom is 0.248 e. The summed E-state index contributed by atoms with van der Waals surface area (Å²) in [5.41, 5.74) is 5.47. The molecule has 1 amide bonds. The molecule has 0 saturated carbocycles. The molecule has 5 nitrogen and oxygen atoms in total. The second-order valence-electron chi connectivity index (χ2n) is 5.65. The topological polar surface area (TPSA) is 58.8 Å². The van der Waals surface area contributed by atoms with Crippen molar-refractivity contribution in [1.82, 2.24) is 9.80 Å². The number of amides is 1. The standard InChI is InChI=1S/C13H25N3O2S/c1-10(2)18-9-11(17)15-5-7-16(8-6-15)13(3,4)12(14)19/h10H,5-9H2,1-4H3,(H2,14,19). The summed E-state index contributed by atoms with van der Waals surface area (Å²) in [6.07, 6.45) is 0.0822. The summed E-state index contributed by atoms with van der Waals surface area (Å²) in [7, 11) is 0. The van der Waals surface area contributed by atoms with Crippen LogP contribution in [0.15, 0.2) is 0 Å². The first kappa shape index (κ1) is 16.3. The van der Waals surface area contributed by atoms with Crippen molar-refractivity contribution in [3.63, 3.8) is 0 Å². The Morgan fingerprint density at radius 3 is 2.26 bits per heavy atom. The van der Waals surface area contributed by atoms with Crippen LogP contribution in [0.4, 0.5) is 0 Å². The number of thiocarbonyl (C=S) groups is 1. The quantitative estimate of drug-likeness (QED) is 0.751. The molecule has 0 atom stereocenters. The SMILES string of the molecule is CC(C)OCC(=O)N1CCN(C(C)(C)C(N)=S)CC1. The van der Waals surface area contributed by atoms with Gasteiger partial charge in [0.25, 0.3) is 0 Å². The second-order valence-corrected chi connectivity index (χ2v) is 6.09. The van der Waals surface area contributed by atoms with Crippen molar-refractivity contribution in [3.05, 3.63) is 0 Å². The van der Waals surface area contributed by atoms with Crippen LogP contribution in [0.2, 0.25) is 0 Å². The molecule has 0 bridgehead atoms. The average Bonchev–Trinajstić information content (AvgIpc) is 2.35. The van der Waals surface area contributed by atoms with Gasteiger partial charge in [-0.3, -0.25) is 9.69 Å². The number of nitrogens with two attached hydrogens (primary N) is 1. The molecule has 0 aromatic carbocycles. The van der Waals surface area contributed by atoms with E-state index < -0.39 is 0 Å². The molecule has 0 aromatic rings. The fourth-order valence-electron chi connectivity index (χ4n) is 2.00. The van der Waals surface area contributed by atoms with Crippen LogP contribution >= 0.6 is 12.2 Å². The van der Waals surface area contributed by atoms with Gasteiger partial charge in [-0.15, -0.1) is 0 Å². The van der Waals surface area contributed by atoms with E-state index in [1.165, 1.54) is 0 Å². The highest BCUT2D eigenvalue weighted by Crippen LogP contribution is 2.17. The third kappa shape index (κ3) is 4.40. The zero-order valence-electron chi connectivity index (χ0n) is 12.3. The van der Waals surface area contributed by atoms with Crippen LogP contribution in [-0.4, -0.2) is 65.1 Å². The zero-order valence-corrected chi connectivity index (χ0v) is 13.1. The minimum atomic E-state index is -0.293. The highest BCUT2D eigenvalue weighted by molar-refractivity contribution is 7.80. The van der Waals surface area contributed by atoms with E-state index in [0.29, 0.717) is 18.1 Å². The first-order valence-corrected chi connectivity index (χ1v) is 7.10. The monoisotopic (exact) mass is 287 g/mol. The summed E-state index contributed by atoms with van der Waals surface area (Å²) in [6, 6.07) is 0. The van der Waals surface area contributed by atoms with Crippen LogP contribution in [0.3, 0.4) is 0 Å². The molecule has 6 heteroatoms. The molecule has 0 radical (unpaired) electrons. The molecule has 19 heavy (non-hydrogen) atoms. The highest BCUT2D eigenvalue weighted by atomic mass is 32.1. The van der Waals surface area contributed by atoms with Crippen LogP contribution in [0.25, 0.3) is 0 Å². The molecule has 1 aliphatic heterocycles. The predicted molar refractivity (Wildman–Crippen MR) is 80.1 cm³/mol. The maximum absolute atomic E-state index is 11.9. The normalized spacial score (nSPS) is 17.8. The van der Waals surface area contributed by atoms with Gasteiger partial charge < -0.3 is 15.4 Å². The molecule has 0 unspecified atom stereocenters. The van der Waals surface area contributed by atoms with E-state index in [1.807, 2.05) is 32.6 Å². The van der Waals surface area contributed by atoms with Gasteiger partial charge in [-0.2, -0.15) is 0 Å². The Morgan fingerprint density at radius 1 is 1.32 bits per heavy atom. The van der Waals surface area contributed by atoms with Gasteiger partial charge in [0.2, 0.25) is 5.91 Å². The summed E-state index contributed by atoms with van der Waals surface area (Å²) in [5, 5.41) is 0. The summed E-state index contributed by atoms with van der Waals surface area (Å²) >= 11 is 5.10. The summed E-state index contributed by atoms with van der Waals surface area (Å²) < 4.78 is 5.34. The summed E-state index contributed by atoms with van der Waals surface area (Å²) in [4.78, 5) is 16.5. The molecular formula is C13H25N3O2S. The molecule has 0 spiro atoms. The Bertz CT molecular complexity index is 337. The fourth-order valence-corrected chi connectivity index (χ4v) is 2.13. The third-order valence-electron chi connectivity index (χ3n) is 3.57. The lowest BCUT2D eigenvalue weighted by Crippen LogP contribution is -2.60. The van der Waals surface area contributed by atoms with Gasteiger partial charge in [-0.1, -0.05) is 12.2 Å². The van der Waals surface area contributed by atoms with Crippen LogP contribution in [0.5, 0.6) is 0 Å². The zero-order chi connectivity index (χ0) is 14.6. The lowest BCUT2D eigenvalue weighted by Gasteiger charge is -2.43. The van der Waals surface area contributed by atoms with Gasteiger partial charge in [-0.25, -0.2) is 0 Å². The van der Waals surface area contributed by atoms with E-state index in [9.17, 15) is 4.79 Å². The van der Waals surface area contributed by atoms with Crippen molar-refractivity contribution in [1.29, 1.82) is 0 Å². The summed E-state index contributed by atoms with van der Waals surface area (Å²) in [5.74, 6) is 0.0569. The van der Waals surface area contributed by atoms with E-state index in [1.54, 1.807) is 0 Å². The van der Waals surface area contributed by atoms with Crippen LogP contribution in [0.1, 0.15) is 27.7 Å². The maximum atomic E-state index is 11.9. The second kappa shape index (κ2) is 6.63. The molecule has 1 heterocycles. The molecule has 2 N–H and O–H groups in total. The minimum absolute atomic E-state index is 0.0569. The molecular weight excluding hydrogens is 262 g/mol. The number of carbonyl (C=O) groups is 1. The molecule has 1 rings (SSSR count). The van der Waals surface area contributed by atoms with Crippen molar-refractivity contribution >= 4 is 23.1 Å². The predicted octanol–water partition coefficient (Wildman–Crippen LogP) is 0.620. The highest BCUT2D eigenvalue weighted by Gasteiger charge is 2.33. The van der Waals surface area contributed by atoms with E-state index in [2.05, 4.69) is 4.90 Å². The van der Waals surface area contributed by atoms with Crippen LogP contribution in [-0.2, 0) is 9.53 Å². The van der Waals surface area contributed by atoms with Crippen LogP contribution < -0.4 is 5.73 Å². The van der Waals surface area contributed by atoms with Gasteiger partial charge in [-0.05, 0) is 27.7 Å². The van der Waals surface area contributed by atoms with Crippen molar-refractivity contribution < 1.29 is 9.53 Å². The number of hydrogen-bond donors (Lipinski definition) is 1. The molecule has 110 valence electrons.